The lowest BCUT2D eigenvalue weighted by molar-refractivity contribution is 0.0706. The molecule has 0 bridgehead atoms. The number of sulfonamides is 1. The second-order valence-electron chi connectivity index (χ2n) is 6.09. The van der Waals surface area contributed by atoms with Crippen molar-refractivity contribution in [3.8, 4) is 0 Å². The maximum atomic E-state index is 12.9. The maximum absolute atomic E-state index is 12.9. The first-order valence-corrected chi connectivity index (χ1v) is 9.71. The molecule has 1 aromatic rings. The van der Waals surface area contributed by atoms with E-state index in [9.17, 15) is 13.2 Å². The van der Waals surface area contributed by atoms with E-state index in [0.29, 0.717) is 17.8 Å². The number of amides is 1. The number of carbonyl (C=O) groups is 1. The van der Waals surface area contributed by atoms with Gasteiger partial charge in [0.05, 0.1) is 11.9 Å². The molecule has 0 unspecified atom stereocenters. The van der Waals surface area contributed by atoms with Gasteiger partial charge in [-0.1, -0.05) is 25.0 Å². The van der Waals surface area contributed by atoms with Gasteiger partial charge in [-0.05, 0) is 37.5 Å². The van der Waals surface area contributed by atoms with E-state index in [2.05, 4.69) is 11.3 Å². The zero-order chi connectivity index (χ0) is 17.0. The molecule has 126 valence electrons. The summed E-state index contributed by atoms with van der Waals surface area (Å²) in [6.07, 6.45) is 7.14. The molecule has 0 aliphatic heterocycles. The molecule has 0 spiro atoms. The van der Waals surface area contributed by atoms with Gasteiger partial charge in [0, 0.05) is 18.2 Å². The van der Waals surface area contributed by atoms with Crippen LogP contribution in [0.25, 0.3) is 0 Å². The monoisotopic (exact) mass is 336 g/mol. The highest BCUT2D eigenvalue weighted by atomic mass is 32.2. The zero-order valence-electron chi connectivity index (χ0n) is 13.7. The summed E-state index contributed by atoms with van der Waals surface area (Å²) in [4.78, 5) is 14.7. The minimum absolute atomic E-state index is 0.0756. The van der Waals surface area contributed by atoms with Gasteiger partial charge in [0.15, 0.2) is 0 Å². The van der Waals surface area contributed by atoms with Gasteiger partial charge in [-0.3, -0.25) is 9.52 Å². The molecule has 6 heteroatoms. The molecule has 1 amide bonds. The molecule has 0 aromatic heterocycles. The number of hydrogen-bond donors (Lipinski definition) is 1. The molecule has 1 fully saturated rings. The zero-order valence-corrected chi connectivity index (χ0v) is 14.5. The van der Waals surface area contributed by atoms with Gasteiger partial charge < -0.3 is 4.90 Å². The van der Waals surface area contributed by atoms with E-state index < -0.39 is 10.0 Å². The number of benzene rings is 1. The van der Waals surface area contributed by atoms with Crippen LogP contribution in [0.1, 0.15) is 41.6 Å². The summed E-state index contributed by atoms with van der Waals surface area (Å²) in [6.45, 7) is 6.05. The number of hydrogen-bond acceptors (Lipinski definition) is 3. The molecule has 1 saturated carbocycles. The Kier molecular flexibility index (Phi) is 5.46. The van der Waals surface area contributed by atoms with E-state index in [-0.39, 0.29) is 11.9 Å². The SMILES string of the molecule is C=CCN(C(=O)c1ccc(C)c(NS(C)(=O)=O)c1)C1CCCC1. The van der Waals surface area contributed by atoms with Crippen LogP contribution in [0.2, 0.25) is 0 Å². The first-order chi connectivity index (χ1) is 10.8. The molecule has 1 aliphatic carbocycles. The van der Waals surface area contributed by atoms with Gasteiger partial charge in [-0.2, -0.15) is 0 Å². The molecule has 1 N–H and O–H groups in total. The summed E-state index contributed by atoms with van der Waals surface area (Å²) < 4.78 is 25.4. The Labute approximate surface area is 138 Å². The number of carbonyl (C=O) groups excluding carboxylic acids is 1. The van der Waals surface area contributed by atoms with Gasteiger partial charge >= 0.3 is 0 Å². The molecule has 0 radical (unpaired) electrons. The molecule has 5 nitrogen and oxygen atoms in total. The molecule has 23 heavy (non-hydrogen) atoms. The fourth-order valence-corrected chi connectivity index (χ4v) is 3.60. The third-order valence-electron chi connectivity index (χ3n) is 4.13. The lowest BCUT2D eigenvalue weighted by Crippen LogP contribution is -2.39. The Morgan fingerprint density at radius 1 is 1.39 bits per heavy atom. The van der Waals surface area contributed by atoms with Crippen molar-refractivity contribution in [2.24, 2.45) is 0 Å². The molecular formula is C17H24N2O3S. The van der Waals surface area contributed by atoms with Crippen LogP contribution < -0.4 is 4.72 Å². The Bertz CT molecular complexity index is 692. The Hall–Kier alpha value is -1.82. The van der Waals surface area contributed by atoms with Crippen LogP contribution in [-0.4, -0.2) is 38.1 Å². The van der Waals surface area contributed by atoms with Crippen molar-refractivity contribution in [1.29, 1.82) is 0 Å². The molecule has 2 rings (SSSR count). The summed E-state index contributed by atoms with van der Waals surface area (Å²) in [5.41, 5.74) is 1.72. The van der Waals surface area contributed by atoms with Crippen molar-refractivity contribution in [2.45, 2.75) is 38.6 Å². The van der Waals surface area contributed by atoms with Crippen molar-refractivity contribution in [3.05, 3.63) is 42.0 Å². The van der Waals surface area contributed by atoms with Crippen LogP contribution in [-0.2, 0) is 10.0 Å². The van der Waals surface area contributed by atoms with Gasteiger partial charge in [-0.25, -0.2) is 8.42 Å². The Morgan fingerprint density at radius 2 is 2.04 bits per heavy atom. The molecule has 0 saturated heterocycles. The summed E-state index contributed by atoms with van der Waals surface area (Å²) >= 11 is 0. The average Bonchev–Trinajstić information content (AvgIpc) is 2.99. The lowest BCUT2D eigenvalue weighted by atomic mass is 10.1. The lowest BCUT2D eigenvalue weighted by Gasteiger charge is -2.28. The normalized spacial score (nSPS) is 15.4. The first-order valence-electron chi connectivity index (χ1n) is 7.82. The highest BCUT2D eigenvalue weighted by Crippen LogP contribution is 2.26. The van der Waals surface area contributed by atoms with Crippen LogP contribution >= 0.6 is 0 Å². The molecular weight excluding hydrogens is 312 g/mol. The van der Waals surface area contributed by atoms with E-state index in [1.54, 1.807) is 31.2 Å². The highest BCUT2D eigenvalue weighted by Gasteiger charge is 2.26. The minimum Gasteiger partial charge on any atom is -0.332 e. The van der Waals surface area contributed by atoms with Crippen LogP contribution in [0.4, 0.5) is 5.69 Å². The van der Waals surface area contributed by atoms with Crippen LogP contribution in [0.15, 0.2) is 30.9 Å². The highest BCUT2D eigenvalue weighted by molar-refractivity contribution is 7.92. The van der Waals surface area contributed by atoms with Gasteiger partial charge in [0.1, 0.15) is 0 Å². The van der Waals surface area contributed by atoms with Crippen LogP contribution in [0.3, 0.4) is 0 Å². The number of nitrogens with zero attached hydrogens (tertiary/aromatic N) is 1. The smallest absolute Gasteiger partial charge is 0.254 e. The third-order valence-corrected chi connectivity index (χ3v) is 4.72. The van der Waals surface area contributed by atoms with E-state index in [1.807, 2.05) is 4.90 Å². The quantitative estimate of drug-likeness (QED) is 0.812. The van der Waals surface area contributed by atoms with Crippen molar-refractivity contribution < 1.29 is 13.2 Å². The molecule has 1 aromatic carbocycles. The molecule has 1 aliphatic rings. The Balaban J connectivity index is 2.29. The molecule has 0 atom stereocenters. The number of rotatable bonds is 6. The van der Waals surface area contributed by atoms with E-state index >= 15 is 0 Å². The first kappa shape index (κ1) is 17.5. The van der Waals surface area contributed by atoms with Crippen LogP contribution in [0, 0.1) is 6.92 Å². The predicted molar refractivity (Wildman–Crippen MR) is 93.1 cm³/mol. The minimum atomic E-state index is -3.38. The summed E-state index contributed by atoms with van der Waals surface area (Å²) in [7, 11) is -3.38. The topological polar surface area (TPSA) is 66.5 Å². The summed E-state index contributed by atoms with van der Waals surface area (Å²) in [5.74, 6) is -0.0756. The van der Waals surface area contributed by atoms with Gasteiger partial charge in [0.2, 0.25) is 10.0 Å². The predicted octanol–water partition coefficient (Wildman–Crippen LogP) is 2.94. The number of nitrogens with one attached hydrogen (secondary N) is 1. The standard InChI is InChI=1S/C17H24N2O3S/c1-4-11-19(15-7-5-6-8-15)17(20)14-10-9-13(2)16(12-14)18-23(3,21)22/h4,9-10,12,15,18H,1,5-8,11H2,2-3H3. The second-order valence-corrected chi connectivity index (χ2v) is 7.84. The van der Waals surface area contributed by atoms with Crippen molar-refractivity contribution in [2.75, 3.05) is 17.5 Å². The third kappa shape index (κ3) is 4.58. The van der Waals surface area contributed by atoms with E-state index in [4.69, 9.17) is 0 Å². The molecule has 0 heterocycles. The second kappa shape index (κ2) is 7.17. The van der Waals surface area contributed by atoms with E-state index in [1.165, 1.54) is 0 Å². The largest absolute Gasteiger partial charge is 0.332 e. The number of anilines is 1. The summed E-state index contributed by atoms with van der Waals surface area (Å²) in [5, 5.41) is 0. The number of aryl methyl sites for hydroxylation is 1. The van der Waals surface area contributed by atoms with E-state index in [0.717, 1.165) is 37.5 Å². The fraction of sp³-hybridized carbons (Fsp3) is 0.471. The van der Waals surface area contributed by atoms with Gasteiger partial charge in [-0.15, -0.1) is 6.58 Å². The average molecular weight is 336 g/mol. The van der Waals surface area contributed by atoms with Crippen LogP contribution in [0.5, 0.6) is 0 Å². The Morgan fingerprint density at radius 3 is 2.61 bits per heavy atom. The maximum Gasteiger partial charge on any atom is 0.254 e. The van der Waals surface area contributed by atoms with Crippen molar-refractivity contribution in [1.82, 2.24) is 4.90 Å². The van der Waals surface area contributed by atoms with Crippen molar-refractivity contribution >= 4 is 21.6 Å². The van der Waals surface area contributed by atoms with Crippen molar-refractivity contribution in [3.63, 3.8) is 0 Å². The fourth-order valence-electron chi connectivity index (χ4n) is 2.98. The summed E-state index contributed by atoms with van der Waals surface area (Å²) in [6, 6.07) is 5.37. The van der Waals surface area contributed by atoms with Gasteiger partial charge in [0.25, 0.3) is 5.91 Å².